The van der Waals surface area contributed by atoms with Crippen molar-refractivity contribution in [2.24, 2.45) is 0 Å². The Morgan fingerprint density at radius 2 is 1.95 bits per heavy atom. The van der Waals surface area contributed by atoms with Crippen LogP contribution in [0.2, 0.25) is 0 Å². The van der Waals surface area contributed by atoms with Crippen molar-refractivity contribution in [1.29, 1.82) is 5.26 Å². The van der Waals surface area contributed by atoms with Crippen LogP contribution in [0.3, 0.4) is 0 Å². The lowest BCUT2D eigenvalue weighted by molar-refractivity contribution is 0.118. The molecule has 1 aromatic rings. The molecule has 1 N–H and O–H groups in total. The van der Waals surface area contributed by atoms with Gasteiger partial charge < -0.3 is 14.6 Å². The first-order chi connectivity index (χ1) is 9.31. The van der Waals surface area contributed by atoms with Crippen LogP contribution >= 0.6 is 0 Å². The lowest BCUT2D eigenvalue weighted by atomic mass is 10.2. The summed E-state index contributed by atoms with van der Waals surface area (Å²) >= 11 is 0. The first kappa shape index (κ1) is 15.4. The van der Waals surface area contributed by atoms with E-state index in [9.17, 15) is 0 Å². The number of benzene rings is 1. The highest BCUT2D eigenvalue weighted by Gasteiger charge is 2.06. The third-order valence-electron chi connectivity index (χ3n) is 2.70. The maximum atomic E-state index is 8.97. The Kier molecular flexibility index (Phi) is 7.59. The summed E-state index contributed by atoms with van der Waals surface area (Å²) in [4.78, 5) is 2.05. The van der Waals surface area contributed by atoms with Gasteiger partial charge in [-0.25, -0.2) is 0 Å². The molecule has 0 fully saturated rings. The van der Waals surface area contributed by atoms with Crippen molar-refractivity contribution in [2.45, 2.75) is 0 Å². The summed E-state index contributed by atoms with van der Waals surface area (Å²) in [6, 6.07) is 9.25. The van der Waals surface area contributed by atoms with Gasteiger partial charge in [0, 0.05) is 26.7 Å². The van der Waals surface area contributed by atoms with Crippen LogP contribution in [-0.4, -0.2) is 56.6 Å². The number of aliphatic hydroxyl groups is 1. The highest BCUT2D eigenvalue weighted by atomic mass is 16.5. The van der Waals surface area contributed by atoms with Gasteiger partial charge in [0.25, 0.3) is 0 Å². The Morgan fingerprint density at radius 3 is 2.63 bits per heavy atom. The van der Waals surface area contributed by atoms with Crippen LogP contribution < -0.4 is 4.74 Å². The van der Waals surface area contributed by atoms with E-state index in [2.05, 4.69) is 11.0 Å². The molecule has 0 radical (unpaired) electrons. The predicted octanol–water partition coefficient (Wildman–Crippen LogP) is 0.878. The molecule has 0 saturated carbocycles. The molecule has 0 atom stereocenters. The fraction of sp³-hybridized carbons (Fsp3) is 0.500. The zero-order valence-corrected chi connectivity index (χ0v) is 11.2. The van der Waals surface area contributed by atoms with E-state index in [0.717, 1.165) is 6.54 Å². The lowest BCUT2D eigenvalue weighted by Crippen LogP contribution is -2.33. The summed E-state index contributed by atoms with van der Waals surface area (Å²) in [6.07, 6.45) is 0. The van der Waals surface area contributed by atoms with Crippen molar-refractivity contribution in [3.05, 3.63) is 29.8 Å². The van der Waals surface area contributed by atoms with Crippen LogP contribution in [0.25, 0.3) is 0 Å². The topological polar surface area (TPSA) is 65.7 Å². The molecule has 19 heavy (non-hydrogen) atoms. The number of methoxy groups -OCH3 is 1. The molecular formula is C14H20N2O3. The minimum atomic E-state index is 0.110. The van der Waals surface area contributed by atoms with Gasteiger partial charge in [-0.1, -0.05) is 12.1 Å². The van der Waals surface area contributed by atoms with Gasteiger partial charge in [-0.05, 0) is 12.1 Å². The number of ether oxygens (including phenoxy) is 2. The molecule has 104 valence electrons. The van der Waals surface area contributed by atoms with Gasteiger partial charge in [0.2, 0.25) is 0 Å². The number of aliphatic hydroxyl groups excluding tert-OH is 1. The van der Waals surface area contributed by atoms with Crippen molar-refractivity contribution in [2.75, 3.05) is 46.6 Å². The summed E-state index contributed by atoms with van der Waals surface area (Å²) in [5, 5.41) is 17.9. The average molecular weight is 264 g/mol. The van der Waals surface area contributed by atoms with Gasteiger partial charge in [0.05, 0.1) is 18.8 Å². The van der Waals surface area contributed by atoms with E-state index >= 15 is 0 Å². The normalized spacial score (nSPS) is 10.4. The van der Waals surface area contributed by atoms with E-state index in [0.29, 0.717) is 37.6 Å². The molecule has 0 aromatic heterocycles. The molecule has 0 spiro atoms. The van der Waals surface area contributed by atoms with Crippen LogP contribution in [0.4, 0.5) is 0 Å². The Bertz CT molecular complexity index is 404. The number of hydrogen-bond donors (Lipinski definition) is 1. The third kappa shape index (κ3) is 5.71. The molecule has 1 aromatic carbocycles. The second-order valence-electron chi connectivity index (χ2n) is 4.01. The molecular weight excluding hydrogens is 244 g/mol. The van der Waals surface area contributed by atoms with Crippen molar-refractivity contribution in [3.63, 3.8) is 0 Å². The standard InChI is InChI=1S/C14H20N2O3/c1-18-10-7-16(6-9-17)8-11-19-14-5-3-2-4-13(14)12-15/h2-5,17H,6-11H2,1H3. The highest BCUT2D eigenvalue weighted by Crippen LogP contribution is 2.16. The minimum Gasteiger partial charge on any atom is -0.491 e. The molecule has 5 heteroatoms. The van der Waals surface area contributed by atoms with E-state index in [4.69, 9.17) is 19.8 Å². The monoisotopic (exact) mass is 264 g/mol. The van der Waals surface area contributed by atoms with E-state index < -0.39 is 0 Å². The Balaban J connectivity index is 2.40. The Morgan fingerprint density at radius 1 is 1.21 bits per heavy atom. The van der Waals surface area contributed by atoms with E-state index in [-0.39, 0.29) is 6.61 Å². The maximum absolute atomic E-state index is 8.97. The zero-order chi connectivity index (χ0) is 13.9. The molecule has 0 aliphatic rings. The molecule has 0 aliphatic heterocycles. The van der Waals surface area contributed by atoms with Gasteiger partial charge in [-0.15, -0.1) is 0 Å². The molecule has 0 heterocycles. The van der Waals surface area contributed by atoms with Crippen molar-refractivity contribution < 1.29 is 14.6 Å². The number of nitriles is 1. The summed E-state index contributed by atoms with van der Waals surface area (Å²) in [7, 11) is 1.65. The Hall–Kier alpha value is -1.61. The van der Waals surface area contributed by atoms with Crippen molar-refractivity contribution in [1.82, 2.24) is 4.90 Å². The van der Waals surface area contributed by atoms with Gasteiger partial charge in [0.15, 0.2) is 0 Å². The fourth-order valence-corrected chi connectivity index (χ4v) is 1.67. The molecule has 5 nitrogen and oxygen atoms in total. The molecule has 1 rings (SSSR count). The molecule has 0 aliphatic carbocycles. The number of nitrogens with zero attached hydrogens (tertiary/aromatic N) is 2. The van der Waals surface area contributed by atoms with Crippen molar-refractivity contribution in [3.8, 4) is 11.8 Å². The van der Waals surface area contributed by atoms with E-state index in [1.54, 1.807) is 19.2 Å². The summed E-state index contributed by atoms with van der Waals surface area (Å²) in [5.41, 5.74) is 0.535. The van der Waals surface area contributed by atoms with Gasteiger partial charge in [0.1, 0.15) is 18.4 Å². The van der Waals surface area contributed by atoms with Crippen LogP contribution in [-0.2, 0) is 4.74 Å². The van der Waals surface area contributed by atoms with Crippen LogP contribution in [0.5, 0.6) is 5.75 Å². The minimum absolute atomic E-state index is 0.110. The summed E-state index contributed by atoms with van der Waals surface area (Å²) < 4.78 is 10.6. The number of hydrogen-bond acceptors (Lipinski definition) is 5. The SMILES string of the molecule is COCCN(CCO)CCOc1ccccc1C#N. The fourth-order valence-electron chi connectivity index (χ4n) is 1.67. The van der Waals surface area contributed by atoms with Crippen LogP contribution in [0.15, 0.2) is 24.3 Å². The zero-order valence-electron chi connectivity index (χ0n) is 11.2. The third-order valence-corrected chi connectivity index (χ3v) is 2.70. The average Bonchev–Trinajstić information content (AvgIpc) is 2.45. The largest absolute Gasteiger partial charge is 0.491 e. The molecule has 0 saturated heterocycles. The Labute approximate surface area is 114 Å². The lowest BCUT2D eigenvalue weighted by Gasteiger charge is -2.20. The van der Waals surface area contributed by atoms with Crippen molar-refractivity contribution >= 4 is 0 Å². The maximum Gasteiger partial charge on any atom is 0.137 e. The number of rotatable bonds is 9. The second kappa shape index (κ2) is 9.34. The van der Waals surface area contributed by atoms with Gasteiger partial charge in [-0.2, -0.15) is 5.26 Å². The molecule has 0 bridgehead atoms. The molecule has 0 amide bonds. The van der Waals surface area contributed by atoms with Crippen LogP contribution in [0, 0.1) is 11.3 Å². The first-order valence-electron chi connectivity index (χ1n) is 6.26. The quantitative estimate of drug-likeness (QED) is 0.717. The second-order valence-corrected chi connectivity index (χ2v) is 4.01. The van der Waals surface area contributed by atoms with Crippen LogP contribution in [0.1, 0.15) is 5.56 Å². The van der Waals surface area contributed by atoms with Gasteiger partial charge in [-0.3, -0.25) is 4.90 Å². The first-order valence-corrected chi connectivity index (χ1v) is 6.26. The van der Waals surface area contributed by atoms with E-state index in [1.807, 2.05) is 12.1 Å². The number of para-hydroxylation sites is 1. The summed E-state index contributed by atoms with van der Waals surface area (Å²) in [5.74, 6) is 0.598. The smallest absolute Gasteiger partial charge is 0.137 e. The summed E-state index contributed by atoms with van der Waals surface area (Å²) in [6.45, 7) is 3.23. The predicted molar refractivity (Wildman–Crippen MR) is 72.1 cm³/mol. The van der Waals surface area contributed by atoms with E-state index in [1.165, 1.54) is 0 Å². The van der Waals surface area contributed by atoms with Gasteiger partial charge >= 0.3 is 0 Å². The highest BCUT2D eigenvalue weighted by molar-refractivity contribution is 5.42. The molecule has 0 unspecified atom stereocenters.